The molecule has 4 aromatic rings. The molecule has 0 aliphatic rings. The molecule has 0 unspecified atom stereocenters. The zero-order valence-electron chi connectivity index (χ0n) is 13.7. The van der Waals surface area contributed by atoms with E-state index in [1.54, 1.807) is 10.9 Å². The van der Waals surface area contributed by atoms with Gasteiger partial charge in [0.15, 0.2) is 0 Å². The molecule has 5 heteroatoms. The molecule has 0 saturated carbocycles. The number of aromatic nitrogens is 3. The topological polar surface area (TPSA) is 73.8 Å². The summed E-state index contributed by atoms with van der Waals surface area (Å²) in [5.41, 5.74) is 9.92. The van der Waals surface area contributed by atoms with Crippen molar-refractivity contribution in [2.45, 2.75) is 0 Å². The Labute approximate surface area is 144 Å². The summed E-state index contributed by atoms with van der Waals surface area (Å²) in [4.78, 5) is 15.9. The third-order valence-electron chi connectivity index (χ3n) is 4.26. The van der Waals surface area contributed by atoms with Crippen molar-refractivity contribution >= 4 is 16.7 Å². The molecule has 2 heterocycles. The van der Waals surface area contributed by atoms with Gasteiger partial charge in [0.05, 0.1) is 6.20 Å². The minimum absolute atomic E-state index is 0.298. The van der Waals surface area contributed by atoms with E-state index in [-0.39, 0.29) is 0 Å². The van der Waals surface area contributed by atoms with Gasteiger partial charge in [-0.05, 0) is 16.5 Å². The molecule has 4 rings (SSSR count). The van der Waals surface area contributed by atoms with E-state index < -0.39 is 5.91 Å². The van der Waals surface area contributed by atoms with Gasteiger partial charge in [0.2, 0.25) is 0 Å². The van der Waals surface area contributed by atoms with Crippen LogP contribution in [0.15, 0.2) is 67.1 Å². The number of pyridine rings is 1. The summed E-state index contributed by atoms with van der Waals surface area (Å²) in [5, 5.41) is 5.93. The van der Waals surface area contributed by atoms with E-state index >= 15 is 0 Å². The van der Waals surface area contributed by atoms with Crippen molar-refractivity contribution in [3.05, 3.63) is 72.8 Å². The monoisotopic (exact) mass is 328 g/mol. The Morgan fingerprint density at radius 2 is 1.60 bits per heavy atom. The van der Waals surface area contributed by atoms with Crippen molar-refractivity contribution in [1.82, 2.24) is 14.8 Å². The number of nitrogens with zero attached hydrogens (tertiary/aromatic N) is 3. The highest BCUT2D eigenvalue weighted by Gasteiger charge is 2.12. The maximum absolute atomic E-state index is 11.6. The van der Waals surface area contributed by atoms with E-state index in [1.165, 1.54) is 0 Å². The second kappa shape index (κ2) is 5.87. The molecule has 0 fully saturated rings. The number of nitrogens with two attached hydrogens (primary N) is 1. The number of hydrogen-bond acceptors (Lipinski definition) is 3. The third-order valence-corrected chi connectivity index (χ3v) is 4.26. The Bertz CT molecular complexity index is 1080. The van der Waals surface area contributed by atoms with E-state index in [4.69, 9.17) is 5.73 Å². The van der Waals surface area contributed by atoms with Gasteiger partial charge in [-0.3, -0.25) is 9.48 Å². The van der Waals surface area contributed by atoms with Crippen LogP contribution in [0.1, 0.15) is 10.5 Å². The molecule has 0 aliphatic heterocycles. The minimum Gasteiger partial charge on any atom is -0.364 e. The lowest BCUT2D eigenvalue weighted by atomic mass is 9.97. The Morgan fingerprint density at radius 1 is 0.920 bits per heavy atom. The smallest absolute Gasteiger partial charge is 0.267 e. The highest BCUT2D eigenvalue weighted by atomic mass is 16.1. The van der Waals surface area contributed by atoms with Crippen LogP contribution < -0.4 is 5.73 Å². The molecule has 0 atom stereocenters. The number of amides is 1. The van der Waals surface area contributed by atoms with E-state index in [0.29, 0.717) is 5.69 Å². The largest absolute Gasteiger partial charge is 0.364 e. The van der Waals surface area contributed by atoms with Gasteiger partial charge in [-0.2, -0.15) is 5.10 Å². The van der Waals surface area contributed by atoms with Crippen molar-refractivity contribution in [1.29, 1.82) is 0 Å². The molecule has 1 amide bonds. The maximum atomic E-state index is 11.6. The Kier molecular flexibility index (Phi) is 3.54. The number of fused-ring (bicyclic) bond motifs is 1. The van der Waals surface area contributed by atoms with E-state index in [0.717, 1.165) is 33.0 Å². The zero-order valence-corrected chi connectivity index (χ0v) is 13.7. The number of rotatable bonds is 3. The average Bonchev–Trinajstić information content (AvgIpc) is 3.07. The summed E-state index contributed by atoms with van der Waals surface area (Å²) in [5.74, 6) is -0.519. The van der Waals surface area contributed by atoms with Crippen molar-refractivity contribution in [2.24, 2.45) is 12.8 Å². The fourth-order valence-corrected chi connectivity index (χ4v) is 3.03. The summed E-state index contributed by atoms with van der Waals surface area (Å²) in [7, 11) is 1.90. The summed E-state index contributed by atoms with van der Waals surface area (Å²) in [6.45, 7) is 0. The first kappa shape index (κ1) is 15.1. The molecule has 0 radical (unpaired) electrons. The molecule has 25 heavy (non-hydrogen) atoms. The predicted molar refractivity (Wildman–Crippen MR) is 97.9 cm³/mol. The highest BCUT2D eigenvalue weighted by Crippen LogP contribution is 2.31. The fraction of sp³-hybridized carbons (Fsp3) is 0.0500. The van der Waals surface area contributed by atoms with E-state index in [9.17, 15) is 4.79 Å². The molecule has 122 valence electrons. The van der Waals surface area contributed by atoms with Gasteiger partial charge >= 0.3 is 0 Å². The standard InChI is InChI=1S/C20H16N4O/c1-24-12-15(10-23-24)13-6-8-14(9-7-13)18-11-22-19(20(21)25)17-5-3-2-4-16(17)18/h2-12H,1H3,(H2,21,25). The minimum atomic E-state index is -0.519. The van der Waals surface area contributed by atoms with E-state index in [2.05, 4.69) is 34.3 Å². The van der Waals surface area contributed by atoms with Gasteiger partial charge in [-0.1, -0.05) is 48.5 Å². The van der Waals surface area contributed by atoms with E-state index in [1.807, 2.05) is 43.7 Å². The summed E-state index contributed by atoms with van der Waals surface area (Å²) < 4.78 is 1.78. The quantitative estimate of drug-likeness (QED) is 0.626. The first-order valence-corrected chi connectivity index (χ1v) is 7.90. The molecule has 2 aromatic heterocycles. The number of benzene rings is 2. The van der Waals surface area contributed by atoms with Crippen LogP contribution in [0.5, 0.6) is 0 Å². The van der Waals surface area contributed by atoms with Crippen LogP contribution in [-0.4, -0.2) is 20.7 Å². The molecular formula is C20H16N4O. The second-order valence-electron chi connectivity index (χ2n) is 5.91. The Hall–Kier alpha value is -3.47. The van der Waals surface area contributed by atoms with Crippen molar-refractivity contribution < 1.29 is 4.79 Å². The number of carbonyl (C=O) groups is 1. The van der Waals surface area contributed by atoms with Crippen molar-refractivity contribution in [3.63, 3.8) is 0 Å². The second-order valence-corrected chi connectivity index (χ2v) is 5.91. The van der Waals surface area contributed by atoms with Crippen LogP contribution in [0, 0.1) is 0 Å². The van der Waals surface area contributed by atoms with Gasteiger partial charge in [0.25, 0.3) is 5.91 Å². The van der Waals surface area contributed by atoms with Crippen LogP contribution in [0.25, 0.3) is 33.0 Å². The van der Waals surface area contributed by atoms with Crippen LogP contribution in [0.3, 0.4) is 0 Å². The molecule has 2 N–H and O–H groups in total. The molecule has 0 saturated heterocycles. The fourth-order valence-electron chi connectivity index (χ4n) is 3.03. The van der Waals surface area contributed by atoms with Crippen LogP contribution in [0.2, 0.25) is 0 Å². The lowest BCUT2D eigenvalue weighted by molar-refractivity contribution is 0.0997. The summed E-state index contributed by atoms with van der Waals surface area (Å²) in [6, 6.07) is 15.9. The van der Waals surface area contributed by atoms with Crippen molar-refractivity contribution in [2.75, 3.05) is 0 Å². The number of hydrogen-bond donors (Lipinski definition) is 1. The van der Waals surface area contributed by atoms with Crippen LogP contribution in [0.4, 0.5) is 0 Å². The first-order valence-electron chi connectivity index (χ1n) is 7.90. The first-order chi connectivity index (χ1) is 12.1. The number of carbonyl (C=O) groups excluding carboxylic acids is 1. The highest BCUT2D eigenvalue weighted by molar-refractivity contribution is 6.08. The van der Waals surface area contributed by atoms with Gasteiger partial charge in [0, 0.05) is 36.0 Å². The maximum Gasteiger partial charge on any atom is 0.267 e. The zero-order chi connectivity index (χ0) is 17.4. The Morgan fingerprint density at radius 3 is 2.24 bits per heavy atom. The Balaban J connectivity index is 1.82. The SMILES string of the molecule is Cn1cc(-c2ccc(-c3cnc(C(N)=O)c4ccccc34)cc2)cn1. The normalized spacial score (nSPS) is 10.9. The average molecular weight is 328 g/mol. The summed E-state index contributed by atoms with van der Waals surface area (Å²) in [6.07, 6.45) is 5.53. The lowest BCUT2D eigenvalue weighted by Gasteiger charge is -2.09. The van der Waals surface area contributed by atoms with Crippen LogP contribution >= 0.6 is 0 Å². The molecule has 0 aliphatic carbocycles. The molecule has 2 aromatic carbocycles. The lowest BCUT2D eigenvalue weighted by Crippen LogP contribution is -2.13. The predicted octanol–water partition coefficient (Wildman–Crippen LogP) is 3.40. The number of primary amides is 1. The van der Waals surface area contributed by atoms with Crippen molar-refractivity contribution in [3.8, 4) is 22.3 Å². The van der Waals surface area contributed by atoms with Crippen LogP contribution in [-0.2, 0) is 7.05 Å². The molecular weight excluding hydrogens is 312 g/mol. The molecule has 0 bridgehead atoms. The third kappa shape index (κ3) is 2.65. The van der Waals surface area contributed by atoms with Gasteiger partial charge in [0.1, 0.15) is 5.69 Å². The van der Waals surface area contributed by atoms with Gasteiger partial charge < -0.3 is 5.73 Å². The summed E-state index contributed by atoms with van der Waals surface area (Å²) >= 11 is 0. The molecule has 5 nitrogen and oxygen atoms in total. The van der Waals surface area contributed by atoms with Gasteiger partial charge in [-0.15, -0.1) is 0 Å². The molecule has 0 spiro atoms. The van der Waals surface area contributed by atoms with Gasteiger partial charge in [-0.25, -0.2) is 4.98 Å². The number of aryl methyl sites for hydroxylation is 1.